The number of hydrogen-bond acceptors (Lipinski definition) is 9. The number of alkyl halides is 3. The smallest absolute Gasteiger partial charge is 0.435 e. The monoisotopic (exact) mass is 654 g/mol. The number of carboxylic acid groups (broad SMARTS) is 1. The molecule has 1 aromatic carbocycles. The fourth-order valence-electron chi connectivity index (χ4n) is 5.16. The van der Waals surface area contributed by atoms with Gasteiger partial charge in [-0.3, -0.25) is 23.5 Å². The molecule has 0 aliphatic carbocycles. The Hall–Kier alpha value is -5.50. The summed E-state index contributed by atoms with van der Waals surface area (Å²) in [6.07, 6.45) is 3.16. The first-order chi connectivity index (χ1) is 22.6. The Balaban J connectivity index is 0.00000160. The van der Waals surface area contributed by atoms with Gasteiger partial charge in [0.2, 0.25) is 5.91 Å². The maximum absolute atomic E-state index is 13.8. The number of anilines is 2. The number of imidazole rings is 1. The van der Waals surface area contributed by atoms with E-state index in [2.05, 4.69) is 36.3 Å². The van der Waals surface area contributed by atoms with Crippen molar-refractivity contribution in [3.05, 3.63) is 59.8 Å². The van der Waals surface area contributed by atoms with Crippen molar-refractivity contribution in [3.63, 3.8) is 0 Å². The minimum Gasteiger partial charge on any atom is -0.483 e. The van der Waals surface area contributed by atoms with Gasteiger partial charge in [0.1, 0.15) is 6.54 Å². The predicted molar refractivity (Wildman–Crippen MR) is 164 cm³/mol. The zero-order valence-electron chi connectivity index (χ0n) is 25.3. The van der Waals surface area contributed by atoms with Crippen molar-refractivity contribution < 1.29 is 32.7 Å². The van der Waals surface area contributed by atoms with Crippen LogP contribution in [-0.4, -0.2) is 73.7 Å². The number of aryl methyl sites for hydroxylation is 1. The molecular weight excluding hydrogens is 621 g/mol. The summed E-state index contributed by atoms with van der Waals surface area (Å²) in [6.45, 7) is 3.64. The lowest BCUT2D eigenvalue weighted by molar-refractivity contribution is -0.141. The van der Waals surface area contributed by atoms with Gasteiger partial charge < -0.3 is 26.4 Å². The minimum atomic E-state index is -4.74. The van der Waals surface area contributed by atoms with Gasteiger partial charge in [0.15, 0.2) is 17.2 Å². The van der Waals surface area contributed by atoms with Crippen molar-refractivity contribution in [2.75, 3.05) is 31.5 Å². The largest absolute Gasteiger partial charge is 0.483 e. The third-order valence-electron chi connectivity index (χ3n) is 7.42. The molecule has 17 heteroatoms. The number of halogens is 3. The van der Waals surface area contributed by atoms with Crippen LogP contribution in [0.1, 0.15) is 41.4 Å². The Kier molecular flexibility index (Phi) is 11.5. The van der Waals surface area contributed by atoms with Gasteiger partial charge in [0.25, 0.3) is 12.4 Å². The van der Waals surface area contributed by atoms with E-state index < -0.39 is 11.9 Å². The molecule has 1 aliphatic rings. The first kappa shape index (κ1) is 34.4. The molecule has 0 bridgehead atoms. The maximum Gasteiger partial charge on any atom is 0.435 e. The molecule has 2 amide bonds. The fraction of sp³-hybridized carbons (Fsp3) is 0.367. The van der Waals surface area contributed by atoms with Crippen molar-refractivity contribution in [2.45, 2.75) is 38.9 Å². The van der Waals surface area contributed by atoms with Crippen LogP contribution in [0.2, 0.25) is 0 Å². The number of amides is 2. The van der Waals surface area contributed by atoms with Crippen LogP contribution >= 0.6 is 0 Å². The van der Waals surface area contributed by atoms with Gasteiger partial charge in [-0.1, -0.05) is 6.92 Å². The van der Waals surface area contributed by atoms with Crippen molar-refractivity contribution in [3.8, 4) is 17.3 Å². The number of hydrogen-bond donors (Lipinski definition) is 5. The van der Waals surface area contributed by atoms with E-state index in [1.54, 1.807) is 24.3 Å². The predicted octanol–water partition coefficient (Wildman–Crippen LogP) is 2.99. The molecule has 1 aliphatic heterocycles. The van der Waals surface area contributed by atoms with Crippen molar-refractivity contribution in [2.24, 2.45) is 5.92 Å². The van der Waals surface area contributed by atoms with E-state index in [0.29, 0.717) is 30.1 Å². The zero-order chi connectivity index (χ0) is 34.0. The summed E-state index contributed by atoms with van der Waals surface area (Å²) in [5.74, 6) is 0.0934. The number of rotatable bonds is 10. The Morgan fingerprint density at radius 3 is 2.64 bits per heavy atom. The molecule has 4 heterocycles. The Morgan fingerprint density at radius 1 is 1.21 bits per heavy atom. The quantitative estimate of drug-likeness (QED) is 0.159. The van der Waals surface area contributed by atoms with Gasteiger partial charge in [-0.25, -0.2) is 9.97 Å². The van der Waals surface area contributed by atoms with Gasteiger partial charge in [-0.15, -0.1) is 0 Å². The van der Waals surface area contributed by atoms with Crippen LogP contribution in [0.4, 0.5) is 24.7 Å². The summed E-state index contributed by atoms with van der Waals surface area (Å²) in [5.41, 5.74) is 0.775. The molecule has 0 radical (unpaired) electrons. The molecule has 1 saturated heterocycles. The highest BCUT2D eigenvalue weighted by atomic mass is 19.4. The second-order valence-corrected chi connectivity index (χ2v) is 10.5. The van der Waals surface area contributed by atoms with Gasteiger partial charge >= 0.3 is 6.18 Å². The van der Waals surface area contributed by atoms with E-state index in [-0.39, 0.29) is 54.1 Å². The standard InChI is InChI=1S/C29H31F3N10O2.CH2O2/c1-2-19-13-20(3-4-21(19)28(44)38-16-24(43)36-14-18-5-8-34-9-6-18)39-26-27-37-15-23(42(27)12-10-35-26)22-17-41(11-7-33)40-25(22)29(30,31)32;2-1-3/h3-4,10,12-13,15,17-18,34H,2,5-6,8-9,11,14,16H2,1H3,(H,35,39)(H,36,43)(H,38,44);1H,(H,2,3). The Morgan fingerprint density at radius 2 is 1.96 bits per heavy atom. The first-order valence-electron chi connectivity index (χ1n) is 14.7. The van der Waals surface area contributed by atoms with Gasteiger partial charge in [0, 0.05) is 36.4 Å². The first-order valence-corrected chi connectivity index (χ1v) is 14.7. The molecule has 5 rings (SSSR count). The SMILES string of the molecule is CCc1cc(Nc2nccn3c(-c4cn(CC#N)nc4C(F)(F)F)cnc23)ccc1C(=O)NCC(=O)NCC1CCNCC1.O=CO. The van der Waals surface area contributed by atoms with Crippen LogP contribution in [0, 0.1) is 17.2 Å². The number of fused-ring (bicyclic) bond motifs is 1. The molecule has 47 heavy (non-hydrogen) atoms. The minimum absolute atomic E-state index is 0.128. The molecule has 0 atom stereocenters. The van der Waals surface area contributed by atoms with E-state index >= 15 is 0 Å². The van der Waals surface area contributed by atoms with Gasteiger partial charge in [-0.05, 0) is 62.0 Å². The third-order valence-corrected chi connectivity index (χ3v) is 7.42. The number of nitrogens with one attached hydrogen (secondary N) is 4. The van der Waals surface area contributed by atoms with Crippen molar-refractivity contribution in [1.29, 1.82) is 5.26 Å². The zero-order valence-corrected chi connectivity index (χ0v) is 25.3. The van der Waals surface area contributed by atoms with E-state index in [0.717, 1.165) is 36.2 Å². The average Bonchev–Trinajstić information content (AvgIpc) is 3.69. The molecule has 3 aromatic heterocycles. The van der Waals surface area contributed by atoms with Crippen LogP contribution in [0.25, 0.3) is 16.9 Å². The highest BCUT2D eigenvalue weighted by molar-refractivity contribution is 5.98. The topological polar surface area (TPSA) is 191 Å². The summed E-state index contributed by atoms with van der Waals surface area (Å²) in [6, 6.07) is 6.88. The fourth-order valence-corrected chi connectivity index (χ4v) is 5.16. The molecule has 0 unspecified atom stereocenters. The molecule has 4 aromatic rings. The normalized spacial score (nSPS) is 13.3. The Labute approximate surface area is 267 Å². The summed E-state index contributed by atoms with van der Waals surface area (Å²) in [4.78, 5) is 42.2. The molecule has 0 spiro atoms. The summed E-state index contributed by atoms with van der Waals surface area (Å²) < 4.78 is 43.6. The van der Waals surface area contributed by atoms with Crippen LogP contribution in [0.15, 0.2) is 43.0 Å². The second-order valence-electron chi connectivity index (χ2n) is 10.5. The molecule has 5 N–H and O–H groups in total. The van der Waals surface area contributed by atoms with Crippen LogP contribution in [0.3, 0.4) is 0 Å². The van der Waals surface area contributed by atoms with Crippen LogP contribution in [-0.2, 0) is 28.7 Å². The summed E-state index contributed by atoms with van der Waals surface area (Å²) in [7, 11) is 0. The lowest BCUT2D eigenvalue weighted by Gasteiger charge is -2.22. The highest BCUT2D eigenvalue weighted by Crippen LogP contribution is 2.37. The van der Waals surface area contributed by atoms with Crippen LogP contribution in [0.5, 0.6) is 0 Å². The van der Waals surface area contributed by atoms with Crippen LogP contribution < -0.4 is 21.3 Å². The summed E-state index contributed by atoms with van der Waals surface area (Å²) in [5, 5.41) is 31.4. The van der Waals surface area contributed by atoms with Gasteiger partial charge in [-0.2, -0.15) is 23.5 Å². The second kappa shape index (κ2) is 15.7. The molecule has 0 saturated carbocycles. The van der Waals surface area contributed by atoms with E-state index in [4.69, 9.17) is 15.2 Å². The molecule has 1 fully saturated rings. The average molecular weight is 655 g/mol. The van der Waals surface area contributed by atoms with Crippen molar-refractivity contribution in [1.82, 2.24) is 40.1 Å². The van der Waals surface area contributed by atoms with E-state index in [1.165, 1.54) is 29.2 Å². The van der Waals surface area contributed by atoms with E-state index in [1.807, 2.05) is 6.92 Å². The Bertz CT molecular complexity index is 1760. The van der Waals surface area contributed by atoms with Crippen molar-refractivity contribution >= 4 is 35.4 Å². The third kappa shape index (κ3) is 8.61. The summed E-state index contributed by atoms with van der Waals surface area (Å²) >= 11 is 0. The van der Waals surface area contributed by atoms with E-state index in [9.17, 15) is 22.8 Å². The number of benzene rings is 1. The lowest BCUT2D eigenvalue weighted by Crippen LogP contribution is -2.41. The molecule has 14 nitrogen and oxygen atoms in total. The lowest BCUT2D eigenvalue weighted by atomic mass is 9.98. The number of piperidine rings is 1. The number of nitrogens with zero attached hydrogens (tertiary/aromatic N) is 6. The molecule has 248 valence electrons. The maximum atomic E-state index is 13.8. The highest BCUT2D eigenvalue weighted by Gasteiger charge is 2.38. The number of nitriles is 1. The van der Waals surface area contributed by atoms with Gasteiger partial charge in [0.05, 0.1) is 30.1 Å². The number of aromatic nitrogens is 5. The number of carbonyl (C=O) groups is 3. The molecular formula is C30H33F3N10O4. The number of carbonyl (C=O) groups excluding carboxylic acids is 2.